The highest BCUT2D eigenvalue weighted by molar-refractivity contribution is 7.51. The number of nitriles is 1. The van der Waals surface area contributed by atoms with Gasteiger partial charge in [0.25, 0.3) is 0 Å². The van der Waals surface area contributed by atoms with Gasteiger partial charge in [-0.1, -0.05) is 4.17 Å². The molecule has 1 aromatic rings. The molecule has 0 aliphatic heterocycles. The Morgan fingerprint density at radius 2 is 2.00 bits per heavy atom. The van der Waals surface area contributed by atoms with E-state index in [2.05, 4.69) is 12.8 Å². The minimum atomic E-state index is -4.67. The first-order chi connectivity index (χ1) is 6.86. The van der Waals surface area contributed by atoms with Crippen LogP contribution in [0.4, 0.5) is 18.9 Å². The molecule has 3 nitrogen and oxygen atoms in total. The van der Waals surface area contributed by atoms with E-state index in [9.17, 15) is 18.1 Å². The first-order valence-corrected chi connectivity index (χ1v) is 3.98. The van der Waals surface area contributed by atoms with Crippen LogP contribution in [-0.2, 0) is 19.0 Å². The lowest BCUT2D eigenvalue weighted by molar-refractivity contribution is -0.263. The van der Waals surface area contributed by atoms with Gasteiger partial charge in [0.2, 0.25) is 5.69 Å². The van der Waals surface area contributed by atoms with E-state index in [1.54, 1.807) is 0 Å². The molecule has 0 bridgehead atoms. The molecule has 0 aromatic heterocycles. The largest absolute Gasteiger partial charge is 0.417 e. The quantitative estimate of drug-likeness (QED) is 0.551. The zero-order valence-corrected chi connectivity index (χ0v) is 7.89. The number of rotatable bonds is 1. The molecular weight excluding hydrogens is 229 g/mol. The van der Waals surface area contributed by atoms with Crippen molar-refractivity contribution < 1.29 is 17.3 Å². The van der Waals surface area contributed by atoms with Crippen LogP contribution in [-0.4, -0.2) is 4.17 Å². The molecule has 0 heterocycles. The van der Waals surface area contributed by atoms with Gasteiger partial charge in [0.1, 0.15) is 0 Å². The van der Waals surface area contributed by atoms with Gasteiger partial charge in [0.05, 0.1) is 17.2 Å². The topological polar surface area (TPSA) is 43.9 Å². The van der Waals surface area contributed by atoms with E-state index >= 15 is 0 Å². The molecular formula is C8H3F3N2OS. The van der Waals surface area contributed by atoms with Gasteiger partial charge in [0.15, 0.2) is 0 Å². The number of nitrogens with zero attached hydrogens (tertiary/aromatic N) is 2. The molecule has 0 saturated carbocycles. The SMILES string of the molecule is N#Cc1ccc([N+](=O)[S-])cc1C(F)(F)F. The lowest BCUT2D eigenvalue weighted by Gasteiger charge is -2.08. The van der Waals surface area contributed by atoms with Crippen molar-refractivity contribution in [3.05, 3.63) is 34.2 Å². The molecule has 15 heavy (non-hydrogen) atoms. The van der Waals surface area contributed by atoms with Crippen LogP contribution in [0.5, 0.6) is 0 Å². The molecule has 0 aliphatic carbocycles. The number of halogens is 3. The maximum absolute atomic E-state index is 12.4. The van der Waals surface area contributed by atoms with Crippen LogP contribution in [0.25, 0.3) is 0 Å². The van der Waals surface area contributed by atoms with Crippen LogP contribution in [0.2, 0.25) is 0 Å². The number of alkyl halides is 3. The van der Waals surface area contributed by atoms with Gasteiger partial charge in [0, 0.05) is 17.0 Å². The number of hydrogen-bond acceptors (Lipinski definition) is 3. The molecule has 78 valence electrons. The monoisotopic (exact) mass is 232 g/mol. The lowest BCUT2D eigenvalue weighted by atomic mass is 10.1. The van der Waals surface area contributed by atoms with Gasteiger partial charge in [-0.3, -0.25) is 0 Å². The van der Waals surface area contributed by atoms with E-state index in [-0.39, 0.29) is 9.85 Å². The summed E-state index contributed by atoms with van der Waals surface area (Å²) >= 11 is 4.13. The average molecular weight is 232 g/mol. The Kier molecular flexibility index (Phi) is 2.90. The second-order valence-corrected chi connectivity index (χ2v) is 2.93. The van der Waals surface area contributed by atoms with E-state index in [1.807, 2.05) is 0 Å². The third kappa shape index (κ3) is 2.41. The van der Waals surface area contributed by atoms with E-state index in [4.69, 9.17) is 5.26 Å². The molecule has 7 heteroatoms. The number of hydrogen-bond donors (Lipinski definition) is 0. The molecule has 0 aliphatic rings. The second-order valence-electron chi connectivity index (χ2n) is 2.60. The fraction of sp³-hybridized carbons (Fsp3) is 0.125. The first kappa shape index (κ1) is 11.4. The van der Waals surface area contributed by atoms with E-state index in [1.165, 1.54) is 6.07 Å². The zero-order valence-electron chi connectivity index (χ0n) is 7.08. The molecule has 0 unspecified atom stereocenters. The minimum absolute atomic E-state index is 0.115. The van der Waals surface area contributed by atoms with Crippen LogP contribution < -0.4 is 0 Å². The molecule has 0 amide bonds. The zero-order chi connectivity index (χ0) is 11.6. The highest BCUT2D eigenvalue weighted by atomic mass is 32.1. The Morgan fingerprint density at radius 1 is 1.40 bits per heavy atom. The Hall–Kier alpha value is -1.68. The van der Waals surface area contributed by atoms with Crippen LogP contribution in [0.3, 0.4) is 0 Å². The van der Waals surface area contributed by atoms with Crippen molar-refractivity contribution in [3.8, 4) is 6.07 Å². The van der Waals surface area contributed by atoms with Crippen LogP contribution in [0.15, 0.2) is 18.2 Å². The summed E-state index contributed by atoms with van der Waals surface area (Å²) in [6, 6.07) is 3.92. The summed E-state index contributed by atoms with van der Waals surface area (Å²) in [4.78, 5) is 10.6. The standard InChI is InChI=1S/C8H3F3N2OS/c9-8(10,11)7-3-6(13(14)15)2-1-5(7)4-12/h1-3H. The summed E-state index contributed by atoms with van der Waals surface area (Å²) in [7, 11) is 0. The summed E-state index contributed by atoms with van der Waals surface area (Å²) in [5, 5.41) is 8.44. The molecule has 0 saturated heterocycles. The number of nitroso groups, excluding NO2 is 1. The van der Waals surface area contributed by atoms with Gasteiger partial charge < -0.3 is 12.8 Å². The van der Waals surface area contributed by atoms with E-state index in [0.717, 1.165) is 12.1 Å². The second kappa shape index (κ2) is 3.82. The van der Waals surface area contributed by atoms with Gasteiger partial charge in [-0.2, -0.15) is 18.4 Å². The predicted molar refractivity (Wildman–Crippen MR) is 46.8 cm³/mol. The molecule has 1 aromatic carbocycles. The van der Waals surface area contributed by atoms with E-state index < -0.39 is 17.3 Å². The van der Waals surface area contributed by atoms with Crippen molar-refractivity contribution in [3.63, 3.8) is 0 Å². The van der Waals surface area contributed by atoms with Gasteiger partial charge >= 0.3 is 6.18 Å². The predicted octanol–water partition coefficient (Wildman–Crippen LogP) is 2.45. The van der Waals surface area contributed by atoms with Crippen molar-refractivity contribution in [1.82, 2.24) is 0 Å². The Balaban J connectivity index is 3.40. The summed E-state index contributed by atoms with van der Waals surface area (Å²) < 4.78 is 37.0. The normalized spacial score (nSPS) is 10.8. The summed E-state index contributed by atoms with van der Waals surface area (Å²) in [5.74, 6) is 0. The minimum Gasteiger partial charge on any atom is -0.364 e. The Morgan fingerprint density at radius 3 is 2.40 bits per heavy atom. The summed E-state index contributed by atoms with van der Waals surface area (Å²) in [6.07, 6.45) is -4.67. The van der Waals surface area contributed by atoms with E-state index in [0.29, 0.717) is 6.07 Å². The summed E-state index contributed by atoms with van der Waals surface area (Å²) in [5.41, 5.74) is -2.02. The van der Waals surface area contributed by atoms with Crippen molar-refractivity contribution >= 4 is 18.5 Å². The van der Waals surface area contributed by atoms with Gasteiger partial charge in [-0.15, -0.1) is 0 Å². The van der Waals surface area contributed by atoms with Gasteiger partial charge in [-0.25, -0.2) is 0 Å². The smallest absolute Gasteiger partial charge is 0.364 e. The molecule has 0 atom stereocenters. The van der Waals surface area contributed by atoms with Crippen molar-refractivity contribution in [2.24, 2.45) is 0 Å². The van der Waals surface area contributed by atoms with Crippen molar-refractivity contribution in [1.29, 1.82) is 5.26 Å². The average Bonchev–Trinajstić information content (AvgIpc) is 2.15. The highest BCUT2D eigenvalue weighted by Crippen LogP contribution is 2.33. The third-order valence-corrected chi connectivity index (χ3v) is 1.85. The molecule has 0 N–H and O–H groups in total. The molecule has 0 spiro atoms. The Bertz CT molecular complexity index is 450. The maximum Gasteiger partial charge on any atom is 0.417 e. The van der Waals surface area contributed by atoms with Crippen molar-refractivity contribution in [2.45, 2.75) is 6.18 Å². The Labute approximate surface area is 88.2 Å². The third-order valence-electron chi connectivity index (χ3n) is 1.64. The van der Waals surface area contributed by atoms with Crippen molar-refractivity contribution in [2.75, 3.05) is 0 Å². The fourth-order valence-corrected chi connectivity index (χ4v) is 1.09. The lowest BCUT2D eigenvalue weighted by Crippen LogP contribution is -2.08. The maximum atomic E-state index is 12.4. The molecule has 0 radical (unpaired) electrons. The molecule has 1 rings (SSSR count). The number of benzene rings is 1. The highest BCUT2D eigenvalue weighted by Gasteiger charge is 2.34. The van der Waals surface area contributed by atoms with Crippen LogP contribution in [0.1, 0.15) is 11.1 Å². The molecule has 0 fully saturated rings. The van der Waals surface area contributed by atoms with Crippen LogP contribution in [0, 0.1) is 16.2 Å². The fourth-order valence-electron chi connectivity index (χ4n) is 0.978. The summed E-state index contributed by atoms with van der Waals surface area (Å²) in [6.45, 7) is 0. The first-order valence-electron chi connectivity index (χ1n) is 3.62. The van der Waals surface area contributed by atoms with Gasteiger partial charge in [-0.05, 0) is 6.07 Å². The van der Waals surface area contributed by atoms with Crippen LogP contribution >= 0.6 is 0 Å².